The van der Waals surface area contributed by atoms with E-state index in [1.807, 2.05) is 36.4 Å². The van der Waals surface area contributed by atoms with Crippen molar-refractivity contribution in [2.75, 3.05) is 26.2 Å². The highest BCUT2D eigenvalue weighted by Crippen LogP contribution is 2.26. The third-order valence-corrected chi connectivity index (χ3v) is 8.21. The molecule has 0 bridgehead atoms. The Morgan fingerprint density at radius 3 is 2.58 bits per heavy atom. The Kier molecular flexibility index (Phi) is 5.27. The van der Waals surface area contributed by atoms with Crippen molar-refractivity contribution in [3.05, 3.63) is 59.4 Å². The van der Waals surface area contributed by atoms with Crippen molar-refractivity contribution in [3.63, 3.8) is 0 Å². The van der Waals surface area contributed by atoms with Gasteiger partial charge in [0, 0.05) is 39.0 Å². The molecule has 0 unspecified atom stereocenters. The van der Waals surface area contributed by atoms with Gasteiger partial charge in [-0.25, -0.2) is 13.4 Å². The summed E-state index contributed by atoms with van der Waals surface area (Å²) in [6, 6.07) is 13.3. The summed E-state index contributed by atoms with van der Waals surface area (Å²) in [5, 5.41) is 0. The number of aromatic nitrogens is 2. The monoisotopic (exact) mass is 438 g/mol. The van der Waals surface area contributed by atoms with E-state index in [4.69, 9.17) is 0 Å². The number of carbonyl (C=O) groups is 1. The molecule has 1 amide bonds. The number of aryl methyl sites for hydroxylation is 3. The molecule has 3 aromatic rings. The number of hydrogen-bond acceptors (Lipinski definition) is 4. The van der Waals surface area contributed by atoms with Gasteiger partial charge in [-0.05, 0) is 54.7 Å². The van der Waals surface area contributed by atoms with Crippen LogP contribution in [0.5, 0.6) is 0 Å². The van der Waals surface area contributed by atoms with Crippen LogP contribution >= 0.6 is 0 Å². The number of fused-ring (bicyclic) bond motifs is 2. The molecule has 0 atom stereocenters. The molecule has 1 N–H and O–H groups in total. The number of sulfonamides is 1. The van der Waals surface area contributed by atoms with Crippen LogP contribution in [0.4, 0.5) is 0 Å². The van der Waals surface area contributed by atoms with Crippen molar-refractivity contribution in [2.24, 2.45) is 0 Å². The van der Waals surface area contributed by atoms with Gasteiger partial charge in [-0.15, -0.1) is 0 Å². The van der Waals surface area contributed by atoms with Gasteiger partial charge in [0.25, 0.3) is 0 Å². The van der Waals surface area contributed by atoms with E-state index in [1.54, 1.807) is 11.0 Å². The summed E-state index contributed by atoms with van der Waals surface area (Å²) in [5.74, 6) is 0.836. The Labute approximate surface area is 182 Å². The number of aromatic amines is 1. The molecular weight excluding hydrogens is 412 g/mol. The van der Waals surface area contributed by atoms with Gasteiger partial charge in [0.05, 0.1) is 15.9 Å². The predicted molar refractivity (Wildman–Crippen MR) is 118 cm³/mol. The standard InChI is InChI=1S/C23H26N4O3S/c28-23(11-10-22-24-20-6-1-2-7-21(20)25-22)26-12-14-27(15-13-26)31(29,30)19-9-8-17-4-3-5-18(17)16-19/h1-2,6-9,16H,3-5,10-15H2,(H,24,25). The lowest BCUT2D eigenvalue weighted by atomic mass is 10.1. The van der Waals surface area contributed by atoms with Crippen LogP contribution in [0.25, 0.3) is 11.0 Å². The van der Waals surface area contributed by atoms with Gasteiger partial charge >= 0.3 is 0 Å². The van der Waals surface area contributed by atoms with Crippen molar-refractivity contribution < 1.29 is 13.2 Å². The molecule has 1 fully saturated rings. The quantitative estimate of drug-likeness (QED) is 0.663. The van der Waals surface area contributed by atoms with Crippen LogP contribution in [0.2, 0.25) is 0 Å². The van der Waals surface area contributed by atoms with Gasteiger partial charge in [-0.3, -0.25) is 4.79 Å². The average molecular weight is 439 g/mol. The van der Waals surface area contributed by atoms with Gasteiger partial charge in [0.1, 0.15) is 5.82 Å². The summed E-state index contributed by atoms with van der Waals surface area (Å²) in [6.07, 6.45) is 3.98. The van der Waals surface area contributed by atoms with E-state index in [0.717, 1.165) is 41.7 Å². The molecule has 1 saturated heterocycles. The number of nitrogens with zero attached hydrogens (tertiary/aromatic N) is 3. The molecule has 2 aliphatic rings. The Hall–Kier alpha value is -2.71. The molecule has 2 heterocycles. The number of nitrogens with one attached hydrogen (secondary N) is 1. The first-order valence-corrected chi connectivity index (χ1v) is 12.3. The highest BCUT2D eigenvalue weighted by atomic mass is 32.2. The van der Waals surface area contributed by atoms with E-state index in [2.05, 4.69) is 9.97 Å². The molecule has 8 heteroatoms. The van der Waals surface area contributed by atoms with Crippen LogP contribution in [-0.4, -0.2) is 59.7 Å². The van der Waals surface area contributed by atoms with Gasteiger partial charge in [0.15, 0.2) is 0 Å². The molecule has 0 radical (unpaired) electrons. The first-order valence-electron chi connectivity index (χ1n) is 10.8. The fourth-order valence-electron chi connectivity index (χ4n) is 4.54. The van der Waals surface area contributed by atoms with Crippen LogP contribution in [0.15, 0.2) is 47.4 Å². The SMILES string of the molecule is O=C(CCc1nc2ccccc2[nH]1)N1CCN(S(=O)(=O)c2ccc3c(c2)CCC3)CC1. The Balaban J connectivity index is 1.18. The van der Waals surface area contributed by atoms with E-state index in [0.29, 0.717) is 43.9 Å². The van der Waals surface area contributed by atoms with Gasteiger partial charge in [-0.1, -0.05) is 18.2 Å². The van der Waals surface area contributed by atoms with E-state index >= 15 is 0 Å². The number of rotatable bonds is 5. The van der Waals surface area contributed by atoms with Crippen LogP contribution < -0.4 is 0 Å². The maximum atomic E-state index is 13.1. The minimum atomic E-state index is -3.52. The van der Waals surface area contributed by atoms with Gasteiger partial charge in [-0.2, -0.15) is 4.31 Å². The van der Waals surface area contributed by atoms with E-state index in [1.165, 1.54) is 9.87 Å². The first-order chi connectivity index (χ1) is 15.0. The topological polar surface area (TPSA) is 86.4 Å². The number of para-hydroxylation sites is 2. The molecule has 1 aromatic heterocycles. The number of carbonyl (C=O) groups excluding carboxylic acids is 1. The zero-order valence-corrected chi connectivity index (χ0v) is 18.2. The molecular formula is C23H26N4O3S. The van der Waals surface area contributed by atoms with E-state index in [-0.39, 0.29) is 5.91 Å². The first kappa shape index (κ1) is 20.2. The number of imidazole rings is 1. The summed E-state index contributed by atoms with van der Waals surface area (Å²) in [4.78, 5) is 22.6. The van der Waals surface area contributed by atoms with E-state index in [9.17, 15) is 13.2 Å². The molecule has 7 nitrogen and oxygen atoms in total. The molecule has 5 rings (SSSR count). The summed E-state index contributed by atoms with van der Waals surface area (Å²) in [7, 11) is -3.52. The molecule has 31 heavy (non-hydrogen) atoms. The maximum Gasteiger partial charge on any atom is 0.243 e. The lowest BCUT2D eigenvalue weighted by Crippen LogP contribution is -2.50. The van der Waals surface area contributed by atoms with Gasteiger partial charge in [0.2, 0.25) is 15.9 Å². The molecule has 1 aliphatic carbocycles. The number of hydrogen-bond donors (Lipinski definition) is 1. The fourth-order valence-corrected chi connectivity index (χ4v) is 6.02. The fraction of sp³-hybridized carbons (Fsp3) is 0.391. The Morgan fingerprint density at radius 2 is 1.77 bits per heavy atom. The van der Waals surface area contributed by atoms with Crippen LogP contribution in [0, 0.1) is 0 Å². The minimum Gasteiger partial charge on any atom is -0.342 e. The lowest BCUT2D eigenvalue weighted by Gasteiger charge is -2.34. The Morgan fingerprint density at radius 1 is 1.00 bits per heavy atom. The zero-order chi connectivity index (χ0) is 21.4. The summed E-state index contributed by atoms with van der Waals surface area (Å²) in [5.41, 5.74) is 4.28. The lowest BCUT2D eigenvalue weighted by molar-refractivity contribution is -0.132. The van der Waals surface area contributed by atoms with Crippen LogP contribution in [0.1, 0.15) is 29.8 Å². The number of piperazine rings is 1. The second-order valence-electron chi connectivity index (χ2n) is 8.27. The second-order valence-corrected chi connectivity index (χ2v) is 10.2. The zero-order valence-electron chi connectivity index (χ0n) is 17.4. The third-order valence-electron chi connectivity index (χ3n) is 6.31. The molecule has 0 spiro atoms. The number of benzene rings is 2. The van der Waals surface area contributed by atoms with Crippen molar-refractivity contribution >= 4 is 27.0 Å². The van der Waals surface area contributed by atoms with Crippen molar-refractivity contribution in [2.45, 2.75) is 37.0 Å². The van der Waals surface area contributed by atoms with Crippen molar-refractivity contribution in [1.82, 2.24) is 19.2 Å². The van der Waals surface area contributed by atoms with E-state index < -0.39 is 10.0 Å². The molecule has 1 aliphatic heterocycles. The summed E-state index contributed by atoms with van der Waals surface area (Å²) in [6.45, 7) is 1.50. The predicted octanol–water partition coefficient (Wildman–Crippen LogP) is 2.52. The number of amides is 1. The summed E-state index contributed by atoms with van der Waals surface area (Å²) >= 11 is 0. The largest absolute Gasteiger partial charge is 0.342 e. The smallest absolute Gasteiger partial charge is 0.243 e. The van der Waals surface area contributed by atoms with Crippen molar-refractivity contribution in [1.29, 1.82) is 0 Å². The highest BCUT2D eigenvalue weighted by Gasteiger charge is 2.30. The minimum absolute atomic E-state index is 0.0371. The highest BCUT2D eigenvalue weighted by molar-refractivity contribution is 7.89. The van der Waals surface area contributed by atoms with Crippen LogP contribution in [-0.2, 0) is 34.1 Å². The second kappa shape index (κ2) is 8.09. The van der Waals surface area contributed by atoms with Crippen LogP contribution in [0.3, 0.4) is 0 Å². The molecule has 0 saturated carbocycles. The molecule has 162 valence electrons. The Bertz CT molecular complexity index is 1190. The summed E-state index contributed by atoms with van der Waals surface area (Å²) < 4.78 is 27.6. The van der Waals surface area contributed by atoms with Crippen molar-refractivity contribution in [3.8, 4) is 0 Å². The van der Waals surface area contributed by atoms with Gasteiger partial charge < -0.3 is 9.88 Å². The maximum absolute atomic E-state index is 13.1. The molecule has 2 aromatic carbocycles. The third kappa shape index (κ3) is 3.97. The average Bonchev–Trinajstić information content (AvgIpc) is 3.43. The normalized spacial score (nSPS) is 17.2. The number of H-pyrrole nitrogens is 1.